The largest absolute Gasteiger partial charge is 0.477 e. The summed E-state index contributed by atoms with van der Waals surface area (Å²) in [5, 5.41) is 9.27. The SMILES string of the molecule is CC(C)N(CC(F)(F)F)c1nc(C2CC2)c(C(=O)O)s1. The van der Waals surface area contributed by atoms with Crippen LogP contribution in [0.2, 0.25) is 0 Å². The summed E-state index contributed by atoms with van der Waals surface area (Å²) < 4.78 is 37.8. The van der Waals surface area contributed by atoms with Gasteiger partial charge in [0.1, 0.15) is 11.4 Å². The Morgan fingerprint density at radius 3 is 2.50 bits per heavy atom. The summed E-state index contributed by atoms with van der Waals surface area (Å²) in [6.07, 6.45) is -2.64. The minimum Gasteiger partial charge on any atom is -0.477 e. The number of aromatic nitrogens is 1. The zero-order valence-corrected chi connectivity index (χ0v) is 11.9. The van der Waals surface area contributed by atoms with E-state index in [-0.39, 0.29) is 15.9 Å². The molecule has 1 aromatic rings. The van der Waals surface area contributed by atoms with Crippen LogP contribution >= 0.6 is 11.3 Å². The van der Waals surface area contributed by atoms with Crippen LogP contribution in [-0.2, 0) is 0 Å². The molecule has 0 aromatic carbocycles. The zero-order chi connectivity index (χ0) is 15.1. The Balaban J connectivity index is 2.33. The fourth-order valence-electron chi connectivity index (χ4n) is 1.89. The first kappa shape index (κ1) is 15.1. The van der Waals surface area contributed by atoms with Crippen molar-refractivity contribution >= 4 is 22.4 Å². The summed E-state index contributed by atoms with van der Waals surface area (Å²) in [6, 6.07) is -0.406. The lowest BCUT2D eigenvalue weighted by atomic mass is 10.2. The minimum absolute atomic E-state index is 0.0651. The topological polar surface area (TPSA) is 53.4 Å². The lowest BCUT2D eigenvalue weighted by molar-refractivity contribution is -0.120. The van der Waals surface area contributed by atoms with Crippen LogP contribution < -0.4 is 4.90 Å². The van der Waals surface area contributed by atoms with E-state index < -0.39 is 24.7 Å². The highest BCUT2D eigenvalue weighted by atomic mass is 32.1. The van der Waals surface area contributed by atoms with Crippen molar-refractivity contribution in [2.75, 3.05) is 11.4 Å². The van der Waals surface area contributed by atoms with E-state index in [9.17, 15) is 18.0 Å². The normalized spacial score (nSPS) is 15.7. The van der Waals surface area contributed by atoms with E-state index in [2.05, 4.69) is 4.98 Å². The highest BCUT2D eigenvalue weighted by Gasteiger charge is 2.36. The molecule has 8 heteroatoms. The molecule has 1 fully saturated rings. The molecule has 112 valence electrons. The second-order valence-corrected chi connectivity index (χ2v) is 6.10. The van der Waals surface area contributed by atoms with Gasteiger partial charge in [-0.25, -0.2) is 9.78 Å². The van der Waals surface area contributed by atoms with Gasteiger partial charge in [0.2, 0.25) is 0 Å². The van der Waals surface area contributed by atoms with E-state index in [0.717, 1.165) is 29.1 Å². The average molecular weight is 308 g/mol. The highest BCUT2D eigenvalue weighted by Crippen LogP contribution is 2.44. The van der Waals surface area contributed by atoms with Crippen molar-refractivity contribution in [3.63, 3.8) is 0 Å². The highest BCUT2D eigenvalue weighted by molar-refractivity contribution is 7.17. The van der Waals surface area contributed by atoms with E-state index in [1.165, 1.54) is 0 Å². The maximum atomic E-state index is 12.6. The van der Waals surface area contributed by atoms with E-state index in [1.54, 1.807) is 13.8 Å². The number of aromatic carboxylic acids is 1. The predicted molar refractivity (Wildman–Crippen MR) is 69.6 cm³/mol. The smallest absolute Gasteiger partial charge is 0.406 e. The van der Waals surface area contributed by atoms with Crippen LogP contribution in [-0.4, -0.2) is 34.8 Å². The Morgan fingerprint density at radius 2 is 2.10 bits per heavy atom. The van der Waals surface area contributed by atoms with Gasteiger partial charge in [0.25, 0.3) is 0 Å². The molecule has 1 N–H and O–H groups in total. The van der Waals surface area contributed by atoms with Crippen molar-refractivity contribution < 1.29 is 23.1 Å². The van der Waals surface area contributed by atoms with Crippen molar-refractivity contribution in [2.24, 2.45) is 0 Å². The van der Waals surface area contributed by atoms with Crippen molar-refractivity contribution in [1.29, 1.82) is 0 Å². The summed E-state index contributed by atoms with van der Waals surface area (Å²) in [6.45, 7) is 2.14. The van der Waals surface area contributed by atoms with Gasteiger partial charge in [-0.2, -0.15) is 13.2 Å². The van der Waals surface area contributed by atoms with Gasteiger partial charge in [0, 0.05) is 12.0 Å². The monoisotopic (exact) mass is 308 g/mol. The molecular weight excluding hydrogens is 293 g/mol. The van der Waals surface area contributed by atoms with Crippen molar-refractivity contribution in [3.05, 3.63) is 10.6 Å². The molecule has 0 radical (unpaired) electrons. The van der Waals surface area contributed by atoms with E-state index in [4.69, 9.17) is 5.11 Å². The molecule has 0 saturated heterocycles. The molecule has 0 spiro atoms. The molecule has 0 amide bonds. The minimum atomic E-state index is -4.35. The van der Waals surface area contributed by atoms with Crippen LogP contribution in [0, 0.1) is 0 Å². The number of carbonyl (C=O) groups is 1. The average Bonchev–Trinajstić information content (AvgIpc) is 3.04. The molecule has 1 aliphatic carbocycles. The van der Waals surface area contributed by atoms with E-state index in [0.29, 0.717) is 5.69 Å². The molecule has 0 atom stereocenters. The summed E-state index contributed by atoms with van der Waals surface area (Å²) >= 11 is 0.828. The van der Waals surface area contributed by atoms with Crippen LogP contribution in [0.15, 0.2) is 0 Å². The molecular formula is C12H15F3N2O2S. The number of anilines is 1. The Labute approximate surface area is 118 Å². The fourth-order valence-corrected chi connectivity index (χ4v) is 3.02. The lowest BCUT2D eigenvalue weighted by Gasteiger charge is -2.27. The first-order valence-electron chi connectivity index (χ1n) is 6.26. The Hall–Kier alpha value is -1.31. The third-order valence-electron chi connectivity index (χ3n) is 3.02. The van der Waals surface area contributed by atoms with Crippen LogP contribution in [0.3, 0.4) is 0 Å². The van der Waals surface area contributed by atoms with Gasteiger partial charge in [-0.05, 0) is 26.7 Å². The van der Waals surface area contributed by atoms with Crippen molar-refractivity contribution in [3.8, 4) is 0 Å². The number of hydrogen-bond acceptors (Lipinski definition) is 4. The van der Waals surface area contributed by atoms with Gasteiger partial charge in [-0.3, -0.25) is 0 Å². The standard InChI is InChI=1S/C12H15F3N2O2S/c1-6(2)17(5-12(13,14)15)11-16-8(7-3-4-7)9(20-11)10(18)19/h6-7H,3-5H2,1-2H3,(H,18,19). The Kier molecular flexibility index (Phi) is 3.95. The molecule has 20 heavy (non-hydrogen) atoms. The van der Waals surface area contributed by atoms with Crippen LogP contribution in [0.1, 0.15) is 48.0 Å². The number of halogens is 3. The molecule has 0 unspecified atom stereocenters. The van der Waals surface area contributed by atoms with Crippen molar-refractivity contribution in [2.45, 2.75) is 44.8 Å². The fraction of sp³-hybridized carbons (Fsp3) is 0.667. The molecule has 0 bridgehead atoms. The van der Waals surface area contributed by atoms with E-state index in [1.807, 2.05) is 0 Å². The van der Waals surface area contributed by atoms with Crippen LogP contribution in [0.25, 0.3) is 0 Å². The molecule has 4 nitrogen and oxygen atoms in total. The first-order chi connectivity index (χ1) is 9.19. The lowest BCUT2D eigenvalue weighted by Crippen LogP contribution is -2.39. The van der Waals surface area contributed by atoms with Gasteiger partial charge in [0.15, 0.2) is 5.13 Å². The van der Waals surface area contributed by atoms with Crippen molar-refractivity contribution in [1.82, 2.24) is 4.98 Å². The number of carboxylic acid groups (broad SMARTS) is 1. The molecule has 0 aliphatic heterocycles. The number of carboxylic acids is 1. The maximum Gasteiger partial charge on any atom is 0.406 e. The first-order valence-corrected chi connectivity index (χ1v) is 7.08. The number of thiazole rings is 1. The molecule has 1 heterocycles. The van der Waals surface area contributed by atoms with Gasteiger partial charge in [0.05, 0.1) is 5.69 Å². The number of alkyl halides is 3. The number of hydrogen-bond donors (Lipinski definition) is 1. The van der Waals surface area contributed by atoms with E-state index >= 15 is 0 Å². The molecule has 2 rings (SSSR count). The number of rotatable bonds is 5. The predicted octanol–water partition coefficient (Wildman–Crippen LogP) is 3.50. The van der Waals surface area contributed by atoms with Gasteiger partial charge in [-0.1, -0.05) is 11.3 Å². The third kappa shape index (κ3) is 3.41. The summed E-state index contributed by atoms with van der Waals surface area (Å²) in [5.74, 6) is -1.03. The summed E-state index contributed by atoms with van der Waals surface area (Å²) in [4.78, 5) is 16.5. The summed E-state index contributed by atoms with van der Waals surface area (Å²) in [7, 11) is 0. The van der Waals surface area contributed by atoms with Crippen LogP contribution in [0.4, 0.5) is 18.3 Å². The quantitative estimate of drug-likeness (QED) is 0.904. The molecule has 1 aromatic heterocycles. The third-order valence-corrected chi connectivity index (χ3v) is 4.12. The molecule has 1 saturated carbocycles. The summed E-state index contributed by atoms with van der Waals surface area (Å²) in [5.41, 5.74) is 0.435. The number of nitrogens with zero attached hydrogens (tertiary/aromatic N) is 2. The van der Waals surface area contributed by atoms with Crippen LogP contribution in [0.5, 0.6) is 0 Å². The second-order valence-electron chi connectivity index (χ2n) is 5.13. The Morgan fingerprint density at radius 1 is 1.50 bits per heavy atom. The van der Waals surface area contributed by atoms with Gasteiger partial charge >= 0.3 is 12.1 Å². The maximum absolute atomic E-state index is 12.6. The molecule has 1 aliphatic rings. The zero-order valence-electron chi connectivity index (χ0n) is 11.1. The Bertz CT molecular complexity index is 509. The second kappa shape index (κ2) is 5.23. The van der Waals surface area contributed by atoms with Gasteiger partial charge in [-0.15, -0.1) is 0 Å². The van der Waals surface area contributed by atoms with Gasteiger partial charge < -0.3 is 10.0 Å².